The Labute approximate surface area is 165 Å². The van der Waals surface area contributed by atoms with E-state index in [9.17, 15) is 5.11 Å². The molecular formula is C14H16Br2IN5O. The van der Waals surface area contributed by atoms with Gasteiger partial charge in [0.15, 0.2) is 9.66 Å². The van der Waals surface area contributed by atoms with Crippen molar-refractivity contribution in [2.45, 2.75) is 18.4 Å². The number of hydrogen-bond donors (Lipinski definition) is 1. The second-order valence-corrected chi connectivity index (χ2v) is 8.03. The van der Waals surface area contributed by atoms with E-state index in [-0.39, 0.29) is 0 Å². The summed E-state index contributed by atoms with van der Waals surface area (Å²) < 4.78 is 2.52. The van der Waals surface area contributed by atoms with Crippen LogP contribution in [0.25, 0.3) is 0 Å². The minimum Gasteiger partial charge on any atom is -0.382 e. The van der Waals surface area contributed by atoms with Gasteiger partial charge in [-0.2, -0.15) is 0 Å². The number of aliphatic hydroxyl groups is 1. The zero-order valence-corrected chi connectivity index (χ0v) is 17.8. The van der Waals surface area contributed by atoms with Crippen LogP contribution in [0.1, 0.15) is 18.7 Å². The third kappa shape index (κ3) is 5.96. The van der Waals surface area contributed by atoms with Crippen LogP contribution >= 0.6 is 54.5 Å². The fourth-order valence-corrected chi connectivity index (χ4v) is 2.75. The van der Waals surface area contributed by atoms with Gasteiger partial charge in [0.05, 0.1) is 8.95 Å². The summed E-state index contributed by atoms with van der Waals surface area (Å²) in [5.41, 5.74) is -0.840. The van der Waals surface area contributed by atoms with Crippen molar-refractivity contribution in [3.05, 3.63) is 43.4 Å². The van der Waals surface area contributed by atoms with Gasteiger partial charge in [-0.25, -0.2) is 19.9 Å². The second-order valence-electron chi connectivity index (χ2n) is 5.23. The summed E-state index contributed by atoms with van der Waals surface area (Å²) >= 11 is 8.55. The molecule has 0 radical (unpaired) electrons. The summed E-state index contributed by atoms with van der Waals surface area (Å²) in [5.74, 6) is 0.541. The standard InChI is InChI=1S/C10H14BrN3O.C4H2BrIN2/c1-14-4-2-10(15,3-5-14)9-12-6-8(11)7-13-9;5-3-1-7-4(6)8-2-3/h6-7,15H,2-5H2,1H3;1-2H. The van der Waals surface area contributed by atoms with Crippen molar-refractivity contribution in [2.24, 2.45) is 0 Å². The third-order valence-corrected chi connectivity index (χ3v) is 4.82. The van der Waals surface area contributed by atoms with Crippen LogP contribution in [0.4, 0.5) is 0 Å². The molecular weight excluding hydrogens is 541 g/mol. The van der Waals surface area contributed by atoms with E-state index in [1.54, 1.807) is 24.8 Å². The number of halogens is 3. The molecule has 3 rings (SSSR count). The second kappa shape index (κ2) is 8.75. The molecule has 0 aromatic carbocycles. The quantitative estimate of drug-likeness (QED) is 0.430. The zero-order valence-electron chi connectivity index (χ0n) is 12.5. The first-order chi connectivity index (χ1) is 10.9. The Kier molecular flexibility index (Phi) is 7.26. The minimum atomic E-state index is -0.840. The van der Waals surface area contributed by atoms with Gasteiger partial charge in [0.25, 0.3) is 0 Å². The molecule has 1 aliphatic rings. The zero-order chi connectivity index (χ0) is 16.9. The van der Waals surface area contributed by atoms with Crippen molar-refractivity contribution in [2.75, 3.05) is 20.1 Å². The van der Waals surface area contributed by atoms with E-state index in [1.165, 1.54) is 0 Å². The predicted molar refractivity (Wildman–Crippen MR) is 103 cm³/mol. The molecule has 3 heterocycles. The lowest BCUT2D eigenvalue weighted by Gasteiger charge is -2.35. The van der Waals surface area contributed by atoms with Crippen LogP contribution in [0.5, 0.6) is 0 Å². The number of piperidine rings is 1. The number of likely N-dealkylation sites (tertiary alicyclic amines) is 1. The first kappa shape index (κ1) is 19.1. The lowest BCUT2D eigenvalue weighted by Crippen LogP contribution is -2.41. The number of hydrogen-bond acceptors (Lipinski definition) is 6. The maximum Gasteiger partial charge on any atom is 0.190 e. The molecule has 9 heteroatoms. The molecule has 1 aliphatic heterocycles. The van der Waals surface area contributed by atoms with E-state index in [0.29, 0.717) is 18.7 Å². The lowest BCUT2D eigenvalue weighted by molar-refractivity contribution is -0.0277. The Bertz CT molecular complexity index is 597. The fraction of sp³-hybridized carbons (Fsp3) is 0.429. The molecule has 6 nitrogen and oxygen atoms in total. The summed E-state index contributed by atoms with van der Waals surface area (Å²) in [6, 6.07) is 0. The van der Waals surface area contributed by atoms with E-state index in [4.69, 9.17) is 0 Å². The Morgan fingerprint density at radius 2 is 1.43 bits per heavy atom. The normalized spacial score (nSPS) is 17.3. The Balaban J connectivity index is 0.000000203. The number of nitrogens with zero attached hydrogens (tertiary/aromatic N) is 5. The maximum absolute atomic E-state index is 10.4. The van der Waals surface area contributed by atoms with Crippen molar-refractivity contribution in [1.82, 2.24) is 24.8 Å². The molecule has 0 saturated carbocycles. The molecule has 0 bridgehead atoms. The summed E-state index contributed by atoms with van der Waals surface area (Å²) in [4.78, 5) is 18.4. The summed E-state index contributed by atoms with van der Waals surface area (Å²) in [6.45, 7) is 1.77. The van der Waals surface area contributed by atoms with Gasteiger partial charge in [-0.3, -0.25) is 0 Å². The molecule has 0 atom stereocenters. The topological polar surface area (TPSA) is 75.0 Å². The van der Waals surface area contributed by atoms with E-state index in [2.05, 4.69) is 86.3 Å². The highest BCUT2D eigenvalue weighted by Gasteiger charge is 2.35. The van der Waals surface area contributed by atoms with Crippen LogP contribution in [-0.2, 0) is 5.60 Å². The first-order valence-electron chi connectivity index (χ1n) is 6.91. The van der Waals surface area contributed by atoms with E-state index >= 15 is 0 Å². The van der Waals surface area contributed by atoms with Gasteiger partial charge in [0.2, 0.25) is 0 Å². The van der Waals surface area contributed by atoms with Gasteiger partial charge >= 0.3 is 0 Å². The fourth-order valence-electron chi connectivity index (χ4n) is 2.06. The summed E-state index contributed by atoms with van der Waals surface area (Å²) in [5, 5.41) is 10.4. The third-order valence-electron chi connectivity index (χ3n) is 3.44. The van der Waals surface area contributed by atoms with Gasteiger partial charge in [-0.1, -0.05) is 0 Å². The Morgan fingerprint density at radius 3 is 1.87 bits per heavy atom. The molecule has 2 aromatic rings. The lowest BCUT2D eigenvalue weighted by atomic mass is 9.91. The molecule has 2 aromatic heterocycles. The van der Waals surface area contributed by atoms with E-state index in [0.717, 1.165) is 25.9 Å². The van der Waals surface area contributed by atoms with Crippen molar-refractivity contribution in [1.29, 1.82) is 0 Å². The highest BCUT2D eigenvalue weighted by atomic mass is 127. The van der Waals surface area contributed by atoms with Gasteiger partial charge in [0, 0.05) is 60.5 Å². The van der Waals surface area contributed by atoms with E-state index in [1.807, 2.05) is 0 Å². The molecule has 124 valence electrons. The molecule has 23 heavy (non-hydrogen) atoms. The van der Waals surface area contributed by atoms with Gasteiger partial charge in [-0.05, 0) is 51.7 Å². The molecule has 0 unspecified atom stereocenters. The van der Waals surface area contributed by atoms with Gasteiger partial charge < -0.3 is 10.0 Å². The average molecular weight is 557 g/mol. The first-order valence-corrected chi connectivity index (χ1v) is 9.57. The molecule has 0 amide bonds. The molecule has 0 spiro atoms. The molecule has 1 saturated heterocycles. The Morgan fingerprint density at radius 1 is 1.00 bits per heavy atom. The molecule has 1 fully saturated rings. The van der Waals surface area contributed by atoms with Crippen molar-refractivity contribution in [3.63, 3.8) is 0 Å². The maximum atomic E-state index is 10.4. The average Bonchev–Trinajstić information content (AvgIpc) is 2.54. The van der Waals surface area contributed by atoms with Crippen LogP contribution in [0.15, 0.2) is 33.7 Å². The van der Waals surface area contributed by atoms with Crippen molar-refractivity contribution < 1.29 is 5.11 Å². The predicted octanol–water partition coefficient (Wildman–Crippen LogP) is 3.00. The summed E-state index contributed by atoms with van der Waals surface area (Å²) in [6.07, 6.45) is 8.19. The number of rotatable bonds is 1. The number of aromatic nitrogens is 4. The highest BCUT2D eigenvalue weighted by Crippen LogP contribution is 2.29. The monoisotopic (exact) mass is 555 g/mol. The van der Waals surface area contributed by atoms with Crippen LogP contribution < -0.4 is 0 Å². The van der Waals surface area contributed by atoms with E-state index < -0.39 is 5.60 Å². The van der Waals surface area contributed by atoms with Gasteiger partial charge in [-0.15, -0.1) is 0 Å². The van der Waals surface area contributed by atoms with Crippen LogP contribution in [0, 0.1) is 3.83 Å². The smallest absolute Gasteiger partial charge is 0.190 e. The van der Waals surface area contributed by atoms with Crippen molar-refractivity contribution >= 4 is 54.5 Å². The van der Waals surface area contributed by atoms with Crippen LogP contribution in [0.3, 0.4) is 0 Å². The minimum absolute atomic E-state index is 0.541. The van der Waals surface area contributed by atoms with Crippen molar-refractivity contribution in [3.8, 4) is 0 Å². The van der Waals surface area contributed by atoms with Gasteiger partial charge in [0.1, 0.15) is 5.60 Å². The van der Waals surface area contributed by atoms with Crippen LogP contribution in [-0.4, -0.2) is 50.1 Å². The molecule has 1 N–H and O–H groups in total. The highest BCUT2D eigenvalue weighted by molar-refractivity contribution is 14.1. The molecule has 0 aliphatic carbocycles. The Hall–Kier alpha value is -0.230. The largest absolute Gasteiger partial charge is 0.382 e. The summed E-state index contributed by atoms with van der Waals surface area (Å²) in [7, 11) is 2.06. The SMILES string of the molecule is Brc1cnc(I)nc1.CN1CCC(O)(c2ncc(Br)cn2)CC1. The van der Waals surface area contributed by atoms with Crippen LogP contribution in [0.2, 0.25) is 0 Å².